The molecule has 0 saturated carbocycles. The number of thiazole rings is 1. The molecular formula is C13H13N3O2S. The summed E-state index contributed by atoms with van der Waals surface area (Å²) in [4.78, 5) is 17.1. The Morgan fingerprint density at radius 3 is 2.84 bits per heavy atom. The summed E-state index contributed by atoms with van der Waals surface area (Å²) in [5, 5.41) is 15.9. The predicted octanol–water partition coefficient (Wildman–Crippen LogP) is 2.36. The molecule has 3 N–H and O–H groups in total. The highest BCUT2D eigenvalue weighted by Gasteiger charge is 2.30. The van der Waals surface area contributed by atoms with Gasteiger partial charge in [-0.3, -0.25) is 4.79 Å². The minimum absolute atomic E-state index is 0.00366. The molecule has 1 unspecified atom stereocenters. The monoisotopic (exact) mass is 275 g/mol. The minimum Gasteiger partial charge on any atom is -0.508 e. The van der Waals surface area contributed by atoms with E-state index < -0.39 is 0 Å². The number of anilines is 2. The molecule has 1 aromatic carbocycles. The van der Waals surface area contributed by atoms with Crippen LogP contribution in [-0.4, -0.2) is 23.0 Å². The van der Waals surface area contributed by atoms with Crippen LogP contribution >= 0.6 is 11.3 Å². The van der Waals surface area contributed by atoms with Crippen LogP contribution in [0.25, 0.3) is 0 Å². The lowest BCUT2D eigenvalue weighted by atomic mass is 9.91. The van der Waals surface area contributed by atoms with Crippen molar-refractivity contribution in [1.29, 1.82) is 0 Å². The number of hydrogen-bond donors (Lipinski definition) is 3. The molecule has 1 aromatic heterocycles. The second-order valence-electron chi connectivity index (χ2n) is 4.38. The summed E-state index contributed by atoms with van der Waals surface area (Å²) in [6.07, 6.45) is 0.406. The third-order valence-electron chi connectivity index (χ3n) is 3.13. The summed E-state index contributed by atoms with van der Waals surface area (Å²) >= 11 is 1.55. The second-order valence-corrected chi connectivity index (χ2v) is 5.41. The second kappa shape index (κ2) is 4.55. The van der Waals surface area contributed by atoms with E-state index in [9.17, 15) is 9.90 Å². The van der Waals surface area contributed by atoms with Crippen molar-refractivity contribution in [1.82, 2.24) is 4.98 Å². The summed E-state index contributed by atoms with van der Waals surface area (Å²) in [6, 6.07) is 6.98. The maximum absolute atomic E-state index is 11.8. The fourth-order valence-electron chi connectivity index (χ4n) is 2.20. The average molecular weight is 275 g/mol. The number of benzene rings is 1. The molecule has 2 aromatic rings. The maximum atomic E-state index is 11.8. The number of aromatic hydroxyl groups is 1. The van der Waals surface area contributed by atoms with Crippen molar-refractivity contribution in [2.45, 2.75) is 12.3 Å². The van der Waals surface area contributed by atoms with Crippen LogP contribution in [0.15, 0.2) is 24.3 Å². The molecule has 2 heterocycles. The zero-order valence-corrected chi connectivity index (χ0v) is 11.1. The number of carbonyl (C=O) groups excluding carboxylic acids is 1. The van der Waals surface area contributed by atoms with Crippen LogP contribution in [0.2, 0.25) is 0 Å². The van der Waals surface area contributed by atoms with Gasteiger partial charge in [0.05, 0.1) is 4.88 Å². The highest BCUT2D eigenvalue weighted by molar-refractivity contribution is 7.16. The number of amides is 1. The Hall–Kier alpha value is -2.08. The Labute approximate surface area is 114 Å². The number of carbonyl (C=O) groups is 1. The number of fused-ring (bicyclic) bond motifs is 1. The van der Waals surface area contributed by atoms with Gasteiger partial charge in [-0.1, -0.05) is 23.5 Å². The molecule has 0 aliphatic carbocycles. The normalized spacial score (nSPS) is 17.7. The summed E-state index contributed by atoms with van der Waals surface area (Å²) in [5.41, 5.74) is 1.01. The fourth-order valence-corrected chi connectivity index (χ4v) is 3.20. The molecule has 3 rings (SSSR count). The molecule has 5 nitrogen and oxygen atoms in total. The molecule has 0 fully saturated rings. The summed E-state index contributed by atoms with van der Waals surface area (Å²) < 4.78 is 0. The van der Waals surface area contributed by atoms with Crippen LogP contribution in [-0.2, 0) is 4.79 Å². The number of aromatic nitrogens is 1. The first-order chi connectivity index (χ1) is 9.17. The predicted molar refractivity (Wildman–Crippen MR) is 74.9 cm³/mol. The Morgan fingerprint density at radius 2 is 2.16 bits per heavy atom. The Morgan fingerprint density at radius 1 is 1.42 bits per heavy atom. The van der Waals surface area contributed by atoms with Crippen LogP contribution in [0.3, 0.4) is 0 Å². The van der Waals surface area contributed by atoms with Crippen LogP contribution in [0.1, 0.15) is 22.8 Å². The van der Waals surface area contributed by atoms with E-state index in [1.165, 1.54) is 0 Å². The smallest absolute Gasteiger partial charge is 0.226 e. The summed E-state index contributed by atoms with van der Waals surface area (Å²) in [6.45, 7) is 0. The van der Waals surface area contributed by atoms with Crippen molar-refractivity contribution < 1.29 is 9.90 Å². The van der Waals surface area contributed by atoms with Gasteiger partial charge in [-0.2, -0.15) is 0 Å². The molecule has 0 saturated heterocycles. The molecular weight excluding hydrogens is 262 g/mol. The van der Waals surface area contributed by atoms with E-state index >= 15 is 0 Å². The van der Waals surface area contributed by atoms with Crippen molar-refractivity contribution in [2.24, 2.45) is 0 Å². The van der Waals surface area contributed by atoms with Gasteiger partial charge in [0, 0.05) is 19.4 Å². The molecule has 19 heavy (non-hydrogen) atoms. The van der Waals surface area contributed by atoms with E-state index in [2.05, 4.69) is 15.6 Å². The lowest BCUT2D eigenvalue weighted by Crippen LogP contribution is -2.22. The van der Waals surface area contributed by atoms with Crippen LogP contribution in [0.4, 0.5) is 10.9 Å². The van der Waals surface area contributed by atoms with E-state index in [4.69, 9.17) is 0 Å². The Bertz CT molecular complexity index is 621. The minimum atomic E-state index is -0.0291. The van der Waals surface area contributed by atoms with Crippen LogP contribution in [0, 0.1) is 0 Å². The Balaban J connectivity index is 2.05. The molecule has 0 spiro atoms. The number of phenolic OH excluding ortho intramolecular Hbond substituents is 1. The number of hydrogen-bond acceptors (Lipinski definition) is 5. The Kier molecular flexibility index (Phi) is 2.87. The topological polar surface area (TPSA) is 74.2 Å². The van der Waals surface area contributed by atoms with Gasteiger partial charge in [0.1, 0.15) is 11.6 Å². The quantitative estimate of drug-likeness (QED) is 0.786. The first-order valence-electron chi connectivity index (χ1n) is 5.94. The van der Waals surface area contributed by atoms with Crippen molar-refractivity contribution in [3.63, 3.8) is 0 Å². The molecule has 1 atom stereocenters. The standard InChI is InChI=1S/C13H13N3O2S/c1-14-13-16-12-11(19-13)9(6-10(18)15-12)7-2-4-8(17)5-3-7/h2-5,9,17H,6H2,1H3,(H,14,16)(H,15,18). The number of phenols is 1. The van der Waals surface area contributed by atoms with E-state index in [0.717, 1.165) is 15.6 Å². The highest BCUT2D eigenvalue weighted by Crippen LogP contribution is 2.42. The molecule has 6 heteroatoms. The van der Waals surface area contributed by atoms with E-state index in [1.807, 2.05) is 19.2 Å². The van der Waals surface area contributed by atoms with Gasteiger partial charge in [-0.15, -0.1) is 0 Å². The third kappa shape index (κ3) is 2.15. The van der Waals surface area contributed by atoms with Crippen LogP contribution < -0.4 is 10.6 Å². The molecule has 1 aliphatic heterocycles. The number of rotatable bonds is 2. The van der Waals surface area contributed by atoms with Gasteiger partial charge >= 0.3 is 0 Å². The van der Waals surface area contributed by atoms with Crippen molar-refractivity contribution in [3.05, 3.63) is 34.7 Å². The zero-order chi connectivity index (χ0) is 13.4. The first kappa shape index (κ1) is 12.0. The lowest BCUT2D eigenvalue weighted by molar-refractivity contribution is -0.116. The molecule has 0 bridgehead atoms. The number of nitrogens with one attached hydrogen (secondary N) is 2. The van der Waals surface area contributed by atoms with Gasteiger partial charge < -0.3 is 15.7 Å². The van der Waals surface area contributed by atoms with Gasteiger partial charge in [0.15, 0.2) is 5.13 Å². The zero-order valence-electron chi connectivity index (χ0n) is 10.3. The van der Waals surface area contributed by atoms with Crippen molar-refractivity contribution in [3.8, 4) is 5.75 Å². The average Bonchev–Trinajstić information content (AvgIpc) is 2.81. The maximum Gasteiger partial charge on any atom is 0.226 e. The molecule has 98 valence electrons. The van der Waals surface area contributed by atoms with Gasteiger partial charge in [-0.25, -0.2) is 4.98 Å². The first-order valence-corrected chi connectivity index (χ1v) is 6.76. The van der Waals surface area contributed by atoms with Crippen molar-refractivity contribution >= 4 is 28.2 Å². The van der Waals surface area contributed by atoms with Crippen LogP contribution in [0.5, 0.6) is 5.75 Å². The summed E-state index contributed by atoms with van der Waals surface area (Å²) in [7, 11) is 1.81. The SMILES string of the molecule is CNc1nc2c(s1)C(c1ccc(O)cc1)CC(=O)N2. The van der Waals surface area contributed by atoms with Gasteiger partial charge in [0.2, 0.25) is 5.91 Å². The third-order valence-corrected chi connectivity index (χ3v) is 4.31. The summed E-state index contributed by atoms with van der Waals surface area (Å²) in [5.74, 6) is 0.843. The molecule has 1 aliphatic rings. The van der Waals surface area contributed by atoms with Crippen molar-refractivity contribution in [2.75, 3.05) is 17.7 Å². The lowest BCUT2D eigenvalue weighted by Gasteiger charge is -2.21. The van der Waals surface area contributed by atoms with E-state index in [1.54, 1.807) is 23.5 Å². The highest BCUT2D eigenvalue weighted by atomic mass is 32.1. The van der Waals surface area contributed by atoms with Gasteiger partial charge in [0.25, 0.3) is 0 Å². The fraction of sp³-hybridized carbons (Fsp3) is 0.231. The van der Waals surface area contributed by atoms with E-state index in [-0.39, 0.29) is 17.6 Å². The van der Waals surface area contributed by atoms with E-state index in [0.29, 0.717) is 12.2 Å². The molecule has 0 radical (unpaired) electrons. The number of nitrogens with zero attached hydrogens (tertiary/aromatic N) is 1. The largest absolute Gasteiger partial charge is 0.508 e. The van der Waals surface area contributed by atoms with Gasteiger partial charge in [-0.05, 0) is 17.7 Å². The molecule has 1 amide bonds.